The van der Waals surface area contributed by atoms with Gasteiger partial charge in [0.2, 0.25) is 0 Å². The van der Waals surface area contributed by atoms with Crippen LogP contribution in [-0.4, -0.2) is 11.9 Å². The lowest BCUT2D eigenvalue weighted by molar-refractivity contribution is 0.316. The predicted octanol–water partition coefficient (Wildman–Crippen LogP) is 4.38. The van der Waals surface area contributed by atoms with Crippen molar-refractivity contribution >= 4 is 27.5 Å². The topological polar surface area (TPSA) is 9.23 Å². The van der Waals surface area contributed by atoms with Crippen LogP contribution >= 0.6 is 27.5 Å². The zero-order valence-corrected chi connectivity index (χ0v) is 10.9. The van der Waals surface area contributed by atoms with Crippen LogP contribution < -0.4 is 4.74 Å². The molecule has 0 fully saturated rings. The molecule has 15 heavy (non-hydrogen) atoms. The third-order valence-electron chi connectivity index (χ3n) is 2.83. The minimum absolute atomic E-state index is 0.538. The summed E-state index contributed by atoms with van der Waals surface area (Å²) >= 11 is 9.75. The Kier molecular flexibility index (Phi) is 3.92. The van der Waals surface area contributed by atoms with Gasteiger partial charge >= 0.3 is 0 Å². The van der Waals surface area contributed by atoms with E-state index in [1.807, 2.05) is 18.2 Å². The van der Waals surface area contributed by atoms with E-state index in [9.17, 15) is 0 Å². The molecule has 82 valence electrons. The van der Waals surface area contributed by atoms with Crippen LogP contribution in [0.15, 0.2) is 18.2 Å². The van der Waals surface area contributed by atoms with Gasteiger partial charge in [0, 0.05) is 15.9 Å². The second-order valence-corrected chi connectivity index (χ2v) is 5.02. The first kappa shape index (κ1) is 11.3. The summed E-state index contributed by atoms with van der Waals surface area (Å²) in [7, 11) is 0. The van der Waals surface area contributed by atoms with E-state index in [4.69, 9.17) is 16.3 Å². The number of halogens is 2. The van der Waals surface area contributed by atoms with Gasteiger partial charge < -0.3 is 4.74 Å². The van der Waals surface area contributed by atoms with Crippen LogP contribution in [0.2, 0.25) is 5.02 Å². The summed E-state index contributed by atoms with van der Waals surface area (Å²) in [5, 5.41) is 1.86. The summed E-state index contributed by atoms with van der Waals surface area (Å²) in [4.78, 5) is 0. The van der Waals surface area contributed by atoms with Crippen molar-refractivity contribution in [2.45, 2.75) is 25.2 Å². The lowest BCUT2D eigenvalue weighted by Gasteiger charge is -2.16. The highest BCUT2D eigenvalue weighted by molar-refractivity contribution is 9.09. The summed E-state index contributed by atoms with van der Waals surface area (Å²) in [5.74, 6) is 1.52. The minimum Gasteiger partial charge on any atom is -0.493 e. The van der Waals surface area contributed by atoms with Crippen molar-refractivity contribution < 1.29 is 4.74 Å². The summed E-state index contributed by atoms with van der Waals surface area (Å²) in [6.07, 6.45) is 3.41. The number of ether oxygens (including phenoxy) is 1. The number of alkyl halides is 1. The molecule has 0 aromatic heterocycles. The first-order valence-electron chi connectivity index (χ1n) is 5.30. The summed E-state index contributed by atoms with van der Waals surface area (Å²) in [6, 6.07) is 5.93. The monoisotopic (exact) mass is 288 g/mol. The Balaban J connectivity index is 2.37. The standard InChI is InChI=1S/C12H14BrClO/c13-7-6-9-3-2-8-15-11-5-1-4-10(14)12(9)11/h1,4-5,9H,2-3,6-8H2. The van der Waals surface area contributed by atoms with Gasteiger partial charge in [-0.1, -0.05) is 33.6 Å². The van der Waals surface area contributed by atoms with Crippen LogP contribution in [0.1, 0.15) is 30.7 Å². The molecule has 1 nitrogen and oxygen atoms in total. The van der Waals surface area contributed by atoms with Gasteiger partial charge in [-0.15, -0.1) is 0 Å². The van der Waals surface area contributed by atoms with Gasteiger partial charge in [0.25, 0.3) is 0 Å². The summed E-state index contributed by atoms with van der Waals surface area (Å²) < 4.78 is 5.71. The van der Waals surface area contributed by atoms with Gasteiger partial charge in [0.05, 0.1) is 6.61 Å². The smallest absolute Gasteiger partial charge is 0.124 e. The molecule has 1 aromatic rings. The molecule has 1 heterocycles. The highest BCUT2D eigenvalue weighted by atomic mass is 79.9. The number of benzene rings is 1. The zero-order valence-electron chi connectivity index (χ0n) is 8.51. The lowest BCUT2D eigenvalue weighted by atomic mass is 9.92. The van der Waals surface area contributed by atoms with Crippen LogP contribution in [0.3, 0.4) is 0 Å². The molecule has 0 bridgehead atoms. The molecule has 1 unspecified atom stereocenters. The maximum atomic E-state index is 6.25. The second-order valence-electron chi connectivity index (χ2n) is 3.82. The van der Waals surface area contributed by atoms with E-state index in [2.05, 4.69) is 15.9 Å². The molecule has 2 rings (SSSR count). The molecule has 1 aliphatic heterocycles. The van der Waals surface area contributed by atoms with E-state index in [1.54, 1.807) is 0 Å². The first-order chi connectivity index (χ1) is 7.33. The minimum atomic E-state index is 0.538. The SMILES string of the molecule is Clc1cccc2c1C(CCBr)CCCO2. The van der Waals surface area contributed by atoms with E-state index in [0.29, 0.717) is 5.92 Å². The normalized spacial score (nSPS) is 20.3. The van der Waals surface area contributed by atoms with Crippen LogP contribution in [0.5, 0.6) is 5.75 Å². The van der Waals surface area contributed by atoms with Crippen LogP contribution in [0.4, 0.5) is 0 Å². The number of hydrogen-bond donors (Lipinski definition) is 0. The average molecular weight is 290 g/mol. The Morgan fingerprint density at radius 3 is 3.13 bits per heavy atom. The molecule has 0 saturated heterocycles. The average Bonchev–Trinajstić information content (AvgIpc) is 2.42. The van der Waals surface area contributed by atoms with E-state index in [1.165, 1.54) is 12.0 Å². The molecule has 0 N–H and O–H groups in total. The van der Waals surface area contributed by atoms with Crippen molar-refractivity contribution in [1.29, 1.82) is 0 Å². The molecule has 1 aromatic carbocycles. The van der Waals surface area contributed by atoms with Gasteiger partial charge in [0.15, 0.2) is 0 Å². The number of rotatable bonds is 2. The molecule has 1 atom stereocenters. The van der Waals surface area contributed by atoms with Crippen molar-refractivity contribution in [3.8, 4) is 5.75 Å². The number of hydrogen-bond acceptors (Lipinski definition) is 1. The molecular formula is C12H14BrClO. The summed E-state index contributed by atoms with van der Waals surface area (Å²) in [6.45, 7) is 0.812. The van der Waals surface area contributed by atoms with Crippen molar-refractivity contribution in [2.75, 3.05) is 11.9 Å². The maximum Gasteiger partial charge on any atom is 0.124 e. The zero-order chi connectivity index (χ0) is 10.7. The lowest BCUT2D eigenvalue weighted by Crippen LogP contribution is -1.99. The fourth-order valence-corrected chi connectivity index (χ4v) is 2.99. The van der Waals surface area contributed by atoms with E-state index < -0.39 is 0 Å². The third-order valence-corrected chi connectivity index (χ3v) is 3.62. The Morgan fingerprint density at radius 1 is 1.47 bits per heavy atom. The van der Waals surface area contributed by atoms with Crippen LogP contribution in [0.25, 0.3) is 0 Å². The molecule has 3 heteroatoms. The van der Waals surface area contributed by atoms with Gasteiger partial charge in [-0.05, 0) is 37.3 Å². The van der Waals surface area contributed by atoms with Gasteiger partial charge in [-0.25, -0.2) is 0 Å². The van der Waals surface area contributed by atoms with Crippen molar-refractivity contribution in [3.05, 3.63) is 28.8 Å². The van der Waals surface area contributed by atoms with Gasteiger partial charge in [-0.3, -0.25) is 0 Å². The summed E-state index contributed by atoms with van der Waals surface area (Å²) in [5.41, 5.74) is 1.20. The third kappa shape index (κ3) is 2.48. The number of fused-ring (bicyclic) bond motifs is 1. The van der Waals surface area contributed by atoms with Gasteiger partial charge in [-0.2, -0.15) is 0 Å². The fraction of sp³-hybridized carbons (Fsp3) is 0.500. The van der Waals surface area contributed by atoms with Crippen molar-refractivity contribution in [2.24, 2.45) is 0 Å². The molecule has 0 amide bonds. The highest BCUT2D eigenvalue weighted by Crippen LogP contribution is 2.39. The Morgan fingerprint density at radius 2 is 2.33 bits per heavy atom. The van der Waals surface area contributed by atoms with Crippen molar-refractivity contribution in [3.63, 3.8) is 0 Å². The Bertz CT molecular complexity index is 340. The second kappa shape index (κ2) is 5.22. The molecule has 0 spiro atoms. The molecule has 0 aliphatic carbocycles. The molecular weight excluding hydrogens is 275 g/mol. The quantitative estimate of drug-likeness (QED) is 0.734. The van der Waals surface area contributed by atoms with E-state index >= 15 is 0 Å². The van der Waals surface area contributed by atoms with Crippen molar-refractivity contribution in [1.82, 2.24) is 0 Å². The largest absolute Gasteiger partial charge is 0.493 e. The first-order valence-corrected chi connectivity index (χ1v) is 6.80. The fourth-order valence-electron chi connectivity index (χ4n) is 2.12. The van der Waals surface area contributed by atoms with Gasteiger partial charge in [0.1, 0.15) is 5.75 Å². The van der Waals surface area contributed by atoms with Crippen LogP contribution in [0, 0.1) is 0 Å². The van der Waals surface area contributed by atoms with E-state index in [-0.39, 0.29) is 0 Å². The van der Waals surface area contributed by atoms with E-state index in [0.717, 1.165) is 35.6 Å². The Labute approximate surface area is 104 Å². The molecule has 1 aliphatic rings. The molecule has 0 radical (unpaired) electrons. The Hall–Kier alpha value is -0.210. The highest BCUT2D eigenvalue weighted by Gasteiger charge is 2.21. The van der Waals surface area contributed by atoms with Crippen LogP contribution in [-0.2, 0) is 0 Å². The molecule has 0 saturated carbocycles. The predicted molar refractivity (Wildman–Crippen MR) is 67.3 cm³/mol. The maximum absolute atomic E-state index is 6.25.